The number of fused-ring (bicyclic) bond motifs is 3. The molecule has 1 aromatic carbocycles. The fraction of sp³-hybridized carbons (Fsp3) is 0.167. The van der Waals surface area contributed by atoms with Gasteiger partial charge in [0.05, 0.1) is 11.9 Å². The van der Waals surface area contributed by atoms with Crippen LogP contribution in [0.2, 0.25) is 5.15 Å². The van der Waals surface area contributed by atoms with Crippen molar-refractivity contribution in [2.75, 3.05) is 11.9 Å². The zero-order chi connectivity index (χ0) is 17.6. The standard InChI is InChI=1S/C18H15ClN4O2/c1-9-7-21-18(25)16-15(9)12-6-10(2-4-13(12)23-16)17(24)22-11-3-5-14(19)20-8-11/h2-6,8-9,23H,7H2,1H3,(H,21,25)(H,22,24). The van der Waals surface area contributed by atoms with Crippen molar-refractivity contribution >= 4 is 40.0 Å². The van der Waals surface area contributed by atoms with Crippen molar-refractivity contribution in [1.82, 2.24) is 15.3 Å². The van der Waals surface area contributed by atoms with Crippen LogP contribution in [0.5, 0.6) is 0 Å². The van der Waals surface area contributed by atoms with Gasteiger partial charge in [0.2, 0.25) is 0 Å². The summed E-state index contributed by atoms with van der Waals surface area (Å²) < 4.78 is 0. The van der Waals surface area contributed by atoms with E-state index in [1.165, 1.54) is 6.20 Å². The molecule has 4 rings (SSSR count). The molecular formula is C18H15ClN4O2. The van der Waals surface area contributed by atoms with Crippen molar-refractivity contribution in [3.63, 3.8) is 0 Å². The molecule has 1 unspecified atom stereocenters. The van der Waals surface area contributed by atoms with Gasteiger partial charge < -0.3 is 15.6 Å². The number of H-pyrrole nitrogens is 1. The summed E-state index contributed by atoms with van der Waals surface area (Å²) in [4.78, 5) is 31.7. The van der Waals surface area contributed by atoms with E-state index in [2.05, 4.69) is 27.5 Å². The monoisotopic (exact) mass is 354 g/mol. The Morgan fingerprint density at radius 2 is 2.16 bits per heavy atom. The van der Waals surface area contributed by atoms with Crippen LogP contribution < -0.4 is 10.6 Å². The first kappa shape index (κ1) is 15.7. The lowest BCUT2D eigenvalue weighted by molar-refractivity contribution is 0.0936. The van der Waals surface area contributed by atoms with Gasteiger partial charge >= 0.3 is 0 Å². The largest absolute Gasteiger partial charge is 0.350 e. The van der Waals surface area contributed by atoms with Gasteiger partial charge in [-0.1, -0.05) is 18.5 Å². The summed E-state index contributed by atoms with van der Waals surface area (Å²) in [6.07, 6.45) is 1.50. The van der Waals surface area contributed by atoms with Crippen LogP contribution in [0.4, 0.5) is 5.69 Å². The Labute approximate surface area is 148 Å². The molecular weight excluding hydrogens is 340 g/mol. The average molecular weight is 355 g/mol. The topological polar surface area (TPSA) is 86.9 Å². The van der Waals surface area contributed by atoms with Crippen LogP contribution in [-0.2, 0) is 0 Å². The second kappa shape index (κ2) is 5.89. The highest BCUT2D eigenvalue weighted by Crippen LogP contribution is 2.32. The molecule has 0 aliphatic carbocycles. The molecule has 0 radical (unpaired) electrons. The molecule has 2 amide bonds. The smallest absolute Gasteiger partial charge is 0.268 e. The van der Waals surface area contributed by atoms with E-state index in [4.69, 9.17) is 11.6 Å². The lowest BCUT2D eigenvalue weighted by Gasteiger charge is -2.19. The fourth-order valence-electron chi connectivity index (χ4n) is 3.13. The third-order valence-electron chi connectivity index (χ3n) is 4.37. The number of aromatic amines is 1. The predicted octanol–water partition coefficient (Wildman–Crippen LogP) is 3.32. The molecule has 1 aliphatic rings. The number of benzene rings is 1. The summed E-state index contributed by atoms with van der Waals surface area (Å²) in [5, 5.41) is 6.92. The van der Waals surface area contributed by atoms with Crippen molar-refractivity contribution in [2.45, 2.75) is 12.8 Å². The number of nitrogens with zero attached hydrogens (tertiary/aromatic N) is 1. The normalized spacial score (nSPS) is 16.4. The van der Waals surface area contributed by atoms with E-state index in [1.54, 1.807) is 18.2 Å². The van der Waals surface area contributed by atoms with E-state index < -0.39 is 0 Å². The molecule has 0 fully saturated rings. The Balaban J connectivity index is 1.71. The van der Waals surface area contributed by atoms with Crippen LogP contribution in [-0.4, -0.2) is 28.3 Å². The summed E-state index contributed by atoms with van der Waals surface area (Å²) in [7, 11) is 0. The van der Waals surface area contributed by atoms with Crippen LogP contribution in [0.15, 0.2) is 36.5 Å². The summed E-state index contributed by atoms with van der Waals surface area (Å²) in [6.45, 7) is 2.64. The second-order valence-electron chi connectivity index (χ2n) is 6.11. The third-order valence-corrected chi connectivity index (χ3v) is 4.60. The van der Waals surface area contributed by atoms with E-state index >= 15 is 0 Å². The first-order valence-electron chi connectivity index (χ1n) is 7.89. The molecule has 126 valence electrons. The van der Waals surface area contributed by atoms with Crippen LogP contribution >= 0.6 is 11.6 Å². The SMILES string of the molecule is CC1CNC(=O)c2[nH]c3ccc(C(=O)Nc4ccc(Cl)nc4)cc3c21. The number of amides is 2. The Morgan fingerprint density at radius 3 is 2.92 bits per heavy atom. The molecule has 3 N–H and O–H groups in total. The van der Waals surface area contributed by atoms with Crippen LogP contribution in [0.1, 0.15) is 39.3 Å². The van der Waals surface area contributed by atoms with Gasteiger partial charge in [-0.25, -0.2) is 4.98 Å². The highest BCUT2D eigenvalue weighted by Gasteiger charge is 2.27. The molecule has 2 aromatic heterocycles. The molecule has 7 heteroatoms. The number of carbonyl (C=O) groups is 2. The van der Waals surface area contributed by atoms with Crippen molar-refractivity contribution in [3.8, 4) is 0 Å². The molecule has 25 heavy (non-hydrogen) atoms. The number of aromatic nitrogens is 2. The number of nitrogens with one attached hydrogen (secondary N) is 3. The first-order chi connectivity index (χ1) is 12.0. The summed E-state index contributed by atoms with van der Waals surface area (Å²) >= 11 is 5.75. The molecule has 0 saturated carbocycles. The fourth-order valence-corrected chi connectivity index (χ4v) is 3.25. The quantitative estimate of drug-likeness (QED) is 0.617. The van der Waals surface area contributed by atoms with E-state index in [0.717, 1.165) is 16.5 Å². The summed E-state index contributed by atoms with van der Waals surface area (Å²) in [6, 6.07) is 8.67. The third kappa shape index (κ3) is 2.74. The van der Waals surface area contributed by atoms with Crippen LogP contribution in [0.3, 0.4) is 0 Å². The maximum atomic E-state index is 12.5. The number of hydrogen-bond acceptors (Lipinski definition) is 3. The zero-order valence-electron chi connectivity index (χ0n) is 13.4. The van der Waals surface area contributed by atoms with Crippen molar-refractivity contribution in [1.29, 1.82) is 0 Å². The van der Waals surface area contributed by atoms with Gasteiger partial charge in [-0.05, 0) is 35.9 Å². The van der Waals surface area contributed by atoms with Crippen molar-refractivity contribution in [2.24, 2.45) is 0 Å². The minimum absolute atomic E-state index is 0.109. The van der Waals surface area contributed by atoms with Gasteiger partial charge in [0.15, 0.2) is 0 Å². The van der Waals surface area contributed by atoms with Gasteiger partial charge in [0.25, 0.3) is 11.8 Å². The second-order valence-corrected chi connectivity index (χ2v) is 6.50. The Kier molecular flexibility index (Phi) is 3.69. The van der Waals surface area contributed by atoms with Gasteiger partial charge in [-0.2, -0.15) is 0 Å². The molecule has 0 saturated heterocycles. The summed E-state index contributed by atoms with van der Waals surface area (Å²) in [5.74, 6) is -0.170. The van der Waals surface area contributed by atoms with Crippen molar-refractivity contribution in [3.05, 3.63) is 58.5 Å². The molecule has 6 nitrogen and oxygen atoms in total. The molecule has 1 aliphatic heterocycles. The first-order valence-corrected chi connectivity index (χ1v) is 8.27. The maximum Gasteiger partial charge on any atom is 0.268 e. The number of hydrogen-bond donors (Lipinski definition) is 3. The highest BCUT2D eigenvalue weighted by atomic mass is 35.5. The maximum absolute atomic E-state index is 12.5. The highest BCUT2D eigenvalue weighted by molar-refractivity contribution is 6.29. The predicted molar refractivity (Wildman–Crippen MR) is 96.2 cm³/mol. The van der Waals surface area contributed by atoms with Gasteiger partial charge in [0, 0.05) is 28.9 Å². The zero-order valence-corrected chi connectivity index (χ0v) is 14.1. The molecule has 0 bridgehead atoms. The average Bonchev–Trinajstić information content (AvgIpc) is 3.00. The van der Waals surface area contributed by atoms with E-state index in [-0.39, 0.29) is 17.7 Å². The molecule has 3 aromatic rings. The number of anilines is 1. The van der Waals surface area contributed by atoms with Crippen LogP contribution in [0, 0.1) is 0 Å². The number of carbonyl (C=O) groups excluding carboxylic acids is 2. The van der Waals surface area contributed by atoms with Gasteiger partial charge in [-0.15, -0.1) is 0 Å². The Hall–Kier alpha value is -2.86. The summed E-state index contributed by atoms with van der Waals surface area (Å²) in [5.41, 5.74) is 3.47. The molecule has 0 spiro atoms. The number of rotatable bonds is 2. The minimum atomic E-state index is -0.242. The van der Waals surface area contributed by atoms with Crippen molar-refractivity contribution < 1.29 is 9.59 Å². The van der Waals surface area contributed by atoms with Gasteiger partial charge in [0.1, 0.15) is 10.8 Å². The Morgan fingerprint density at radius 1 is 1.32 bits per heavy atom. The lowest BCUT2D eigenvalue weighted by Crippen LogP contribution is -2.33. The number of pyridine rings is 1. The van der Waals surface area contributed by atoms with E-state index in [1.807, 2.05) is 12.1 Å². The van der Waals surface area contributed by atoms with Gasteiger partial charge in [-0.3, -0.25) is 9.59 Å². The molecule has 3 heterocycles. The number of halogens is 1. The minimum Gasteiger partial charge on any atom is -0.350 e. The van der Waals surface area contributed by atoms with E-state index in [9.17, 15) is 9.59 Å². The molecule has 1 atom stereocenters. The lowest BCUT2D eigenvalue weighted by atomic mass is 9.93. The Bertz CT molecular complexity index is 994. The van der Waals surface area contributed by atoms with Crippen LogP contribution in [0.25, 0.3) is 10.9 Å². The van der Waals surface area contributed by atoms with E-state index in [0.29, 0.717) is 28.6 Å².